The fourth-order valence-electron chi connectivity index (χ4n) is 4.73. The molecule has 1 fully saturated rings. The van der Waals surface area contributed by atoms with Gasteiger partial charge in [-0.15, -0.1) is 0 Å². The number of rotatable bonds is 11. The van der Waals surface area contributed by atoms with E-state index in [1.165, 1.54) is 0 Å². The van der Waals surface area contributed by atoms with Gasteiger partial charge in [0.25, 0.3) is 5.56 Å². The Kier molecular flexibility index (Phi) is 8.90. The number of methoxy groups -OCH3 is 1. The third-order valence-corrected chi connectivity index (χ3v) is 6.84. The second kappa shape index (κ2) is 12.3. The van der Waals surface area contributed by atoms with Crippen molar-refractivity contribution < 1.29 is 9.53 Å². The lowest BCUT2D eigenvalue weighted by Gasteiger charge is -2.25. The topological polar surface area (TPSA) is 76.5 Å². The number of halogens is 1. The molecule has 186 valence electrons. The summed E-state index contributed by atoms with van der Waals surface area (Å²) < 4.78 is 6.65. The number of carbonyl (C=O) groups excluding carboxylic acids is 1. The van der Waals surface area contributed by atoms with Crippen LogP contribution in [0.25, 0.3) is 10.8 Å². The lowest BCUT2D eigenvalue weighted by atomic mass is 10.0. The number of carbonyl (C=O) groups is 1. The third kappa shape index (κ3) is 6.69. The lowest BCUT2D eigenvalue weighted by molar-refractivity contribution is -0.121. The molecule has 0 unspecified atom stereocenters. The molecule has 1 aliphatic heterocycles. The largest absolute Gasteiger partial charge is 0.385 e. The molecule has 1 N–H and O–H groups in total. The molecule has 1 aromatic heterocycles. The van der Waals surface area contributed by atoms with E-state index in [2.05, 4.69) is 10.2 Å². The number of fused-ring (bicyclic) bond motifs is 1. The molecule has 1 aliphatic rings. The normalized spacial score (nSPS) is 16.1. The van der Waals surface area contributed by atoms with Gasteiger partial charge in [0.1, 0.15) is 0 Å². The SMILES string of the molecule is COCCCNC(=O)CCN1CCC[C@@H]1Cn1nc(Cc2ccc(Cl)cc2)c2ccccc2c1=O. The van der Waals surface area contributed by atoms with Gasteiger partial charge in [-0.2, -0.15) is 5.10 Å². The van der Waals surface area contributed by atoms with E-state index in [4.69, 9.17) is 21.4 Å². The summed E-state index contributed by atoms with van der Waals surface area (Å²) in [5.74, 6) is 0.0537. The molecule has 1 atom stereocenters. The molecule has 0 spiro atoms. The third-order valence-electron chi connectivity index (χ3n) is 6.59. The second-order valence-electron chi connectivity index (χ2n) is 9.06. The first-order chi connectivity index (χ1) is 17.0. The van der Waals surface area contributed by atoms with Crippen molar-refractivity contribution in [1.82, 2.24) is 20.0 Å². The first-order valence-corrected chi connectivity index (χ1v) is 12.7. The predicted octanol–water partition coefficient (Wildman–Crippen LogP) is 3.65. The van der Waals surface area contributed by atoms with Gasteiger partial charge >= 0.3 is 0 Å². The van der Waals surface area contributed by atoms with Crippen LogP contribution in [0.1, 0.15) is 36.9 Å². The van der Waals surface area contributed by atoms with Crippen molar-refractivity contribution in [2.24, 2.45) is 0 Å². The molecule has 7 nitrogen and oxygen atoms in total. The molecule has 35 heavy (non-hydrogen) atoms. The van der Waals surface area contributed by atoms with E-state index in [0.29, 0.717) is 49.5 Å². The Morgan fingerprint density at radius 2 is 1.94 bits per heavy atom. The molecule has 1 amide bonds. The summed E-state index contributed by atoms with van der Waals surface area (Å²) >= 11 is 6.05. The number of hydrogen-bond donors (Lipinski definition) is 1. The highest BCUT2D eigenvalue weighted by atomic mass is 35.5. The van der Waals surface area contributed by atoms with Crippen molar-refractivity contribution >= 4 is 28.3 Å². The zero-order chi connectivity index (χ0) is 24.6. The highest BCUT2D eigenvalue weighted by Crippen LogP contribution is 2.21. The number of benzene rings is 2. The van der Waals surface area contributed by atoms with Crippen LogP contribution in [0.3, 0.4) is 0 Å². The van der Waals surface area contributed by atoms with Crippen molar-refractivity contribution in [3.63, 3.8) is 0 Å². The summed E-state index contributed by atoms with van der Waals surface area (Å²) in [5, 5.41) is 10.0. The van der Waals surface area contributed by atoms with Gasteiger partial charge in [0.15, 0.2) is 0 Å². The maximum Gasteiger partial charge on any atom is 0.274 e. The summed E-state index contributed by atoms with van der Waals surface area (Å²) in [7, 11) is 1.66. The molecular weight excluding hydrogens is 464 g/mol. The number of nitrogens with one attached hydrogen (secondary N) is 1. The van der Waals surface area contributed by atoms with Crippen LogP contribution in [0.15, 0.2) is 53.3 Å². The number of amides is 1. The Morgan fingerprint density at radius 3 is 2.71 bits per heavy atom. The van der Waals surface area contributed by atoms with Crippen LogP contribution in [0, 0.1) is 0 Å². The van der Waals surface area contributed by atoms with Gasteiger partial charge in [0, 0.05) is 56.1 Å². The molecule has 4 rings (SSSR count). The minimum Gasteiger partial charge on any atom is -0.385 e. The Bertz CT molecular complexity index is 1200. The molecule has 3 aromatic rings. The van der Waals surface area contributed by atoms with E-state index in [-0.39, 0.29) is 17.5 Å². The second-order valence-corrected chi connectivity index (χ2v) is 9.50. The van der Waals surface area contributed by atoms with E-state index < -0.39 is 0 Å². The van der Waals surface area contributed by atoms with Crippen molar-refractivity contribution in [3.05, 3.63) is 75.2 Å². The standard InChI is InChI=1S/C27H33ClN4O3/c1-35-17-5-14-29-26(33)13-16-31-15-4-6-22(31)19-32-27(34)24-8-3-2-7-23(24)25(30-32)18-20-9-11-21(28)12-10-20/h2-3,7-12,22H,4-6,13-19H2,1H3,(H,29,33)/t22-/m1/s1. The zero-order valence-corrected chi connectivity index (χ0v) is 21.0. The van der Waals surface area contributed by atoms with Crippen LogP contribution in [-0.4, -0.2) is 60.0 Å². The summed E-state index contributed by atoms with van der Waals surface area (Å²) in [4.78, 5) is 27.8. The van der Waals surface area contributed by atoms with Crippen molar-refractivity contribution in [1.29, 1.82) is 0 Å². The number of hydrogen-bond acceptors (Lipinski definition) is 5. The van der Waals surface area contributed by atoms with Crippen LogP contribution in [0.2, 0.25) is 5.02 Å². The van der Waals surface area contributed by atoms with Crippen LogP contribution in [0.5, 0.6) is 0 Å². The van der Waals surface area contributed by atoms with Gasteiger partial charge in [0.2, 0.25) is 5.91 Å². The maximum absolute atomic E-state index is 13.3. The average molecular weight is 497 g/mol. The van der Waals surface area contributed by atoms with Gasteiger partial charge in [-0.05, 0) is 49.6 Å². The minimum absolute atomic E-state index is 0.0537. The number of aromatic nitrogens is 2. The molecular formula is C27H33ClN4O3. The van der Waals surface area contributed by atoms with E-state index in [0.717, 1.165) is 42.5 Å². The summed E-state index contributed by atoms with van der Waals surface area (Å²) in [6.07, 6.45) is 3.92. The molecule has 1 saturated heterocycles. The Balaban J connectivity index is 1.48. The number of ether oxygens (including phenoxy) is 1. The molecule has 8 heteroatoms. The number of nitrogens with zero attached hydrogens (tertiary/aromatic N) is 3. The fraction of sp³-hybridized carbons (Fsp3) is 0.444. The van der Waals surface area contributed by atoms with Crippen molar-refractivity contribution in [2.45, 2.75) is 44.7 Å². The molecule has 0 aliphatic carbocycles. The fourth-order valence-corrected chi connectivity index (χ4v) is 4.85. The molecule has 0 saturated carbocycles. The zero-order valence-electron chi connectivity index (χ0n) is 20.2. The van der Waals surface area contributed by atoms with Crippen LogP contribution >= 0.6 is 11.6 Å². The van der Waals surface area contributed by atoms with Gasteiger partial charge in [-0.1, -0.05) is 41.9 Å². The minimum atomic E-state index is -0.0665. The van der Waals surface area contributed by atoms with E-state index in [9.17, 15) is 9.59 Å². The Labute approximate surface area is 211 Å². The highest BCUT2D eigenvalue weighted by molar-refractivity contribution is 6.30. The van der Waals surface area contributed by atoms with Crippen molar-refractivity contribution in [2.75, 3.05) is 33.4 Å². The van der Waals surface area contributed by atoms with E-state index >= 15 is 0 Å². The monoisotopic (exact) mass is 496 g/mol. The number of likely N-dealkylation sites (tertiary alicyclic amines) is 1. The summed E-state index contributed by atoms with van der Waals surface area (Å²) in [6, 6.07) is 15.6. The van der Waals surface area contributed by atoms with Crippen molar-refractivity contribution in [3.8, 4) is 0 Å². The van der Waals surface area contributed by atoms with E-state index in [1.807, 2.05) is 48.5 Å². The summed E-state index contributed by atoms with van der Waals surface area (Å²) in [5.41, 5.74) is 1.90. The lowest BCUT2D eigenvalue weighted by Crippen LogP contribution is -2.39. The molecule has 2 heterocycles. The molecule has 0 bridgehead atoms. The maximum atomic E-state index is 13.3. The first kappa shape index (κ1) is 25.4. The predicted molar refractivity (Wildman–Crippen MR) is 139 cm³/mol. The Morgan fingerprint density at radius 1 is 1.17 bits per heavy atom. The first-order valence-electron chi connectivity index (χ1n) is 12.3. The smallest absolute Gasteiger partial charge is 0.274 e. The van der Waals surface area contributed by atoms with Crippen LogP contribution in [-0.2, 0) is 22.5 Å². The molecule has 0 radical (unpaired) electrons. The van der Waals surface area contributed by atoms with Crippen LogP contribution in [0.4, 0.5) is 0 Å². The van der Waals surface area contributed by atoms with Crippen LogP contribution < -0.4 is 10.9 Å². The summed E-state index contributed by atoms with van der Waals surface area (Å²) in [6.45, 7) is 3.40. The van der Waals surface area contributed by atoms with Gasteiger partial charge in [-0.3, -0.25) is 14.5 Å². The van der Waals surface area contributed by atoms with Gasteiger partial charge in [-0.25, -0.2) is 4.68 Å². The van der Waals surface area contributed by atoms with E-state index in [1.54, 1.807) is 11.8 Å². The van der Waals surface area contributed by atoms with Gasteiger partial charge in [0.05, 0.1) is 17.6 Å². The molecule has 2 aromatic carbocycles. The quantitative estimate of drug-likeness (QED) is 0.410. The highest BCUT2D eigenvalue weighted by Gasteiger charge is 2.26. The Hall–Kier alpha value is -2.74. The van der Waals surface area contributed by atoms with Gasteiger partial charge < -0.3 is 10.1 Å². The average Bonchev–Trinajstić information content (AvgIpc) is 3.31.